The minimum atomic E-state index is -1.67. The highest BCUT2D eigenvalue weighted by atomic mass is 16.5. The summed E-state index contributed by atoms with van der Waals surface area (Å²) in [5, 5.41) is 71.6. The van der Waals surface area contributed by atoms with Crippen molar-refractivity contribution in [3.05, 3.63) is 47.3 Å². The molecule has 9 rings (SSSR count). The summed E-state index contributed by atoms with van der Waals surface area (Å²) in [6, 6.07) is 1.96. The third-order valence-electron chi connectivity index (χ3n) is 19.0. The van der Waals surface area contributed by atoms with Crippen molar-refractivity contribution in [3.63, 3.8) is 0 Å². The van der Waals surface area contributed by atoms with Gasteiger partial charge in [0.1, 0.15) is 0 Å². The van der Waals surface area contributed by atoms with Crippen LogP contribution >= 0.6 is 0 Å². The van der Waals surface area contributed by atoms with Gasteiger partial charge in [-0.15, -0.1) is 5.92 Å². The molecule has 1 aromatic rings. The lowest BCUT2D eigenvalue weighted by Crippen LogP contribution is -2.63. The van der Waals surface area contributed by atoms with Crippen molar-refractivity contribution in [3.8, 4) is 11.8 Å². The van der Waals surface area contributed by atoms with E-state index in [9.17, 15) is 40.2 Å². The van der Waals surface area contributed by atoms with Gasteiger partial charge in [0.15, 0.2) is 5.78 Å². The molecule has 61 heavy (non-hydrogen) atoms. The number of ketones is 1. The van der Waals surface area contributed by atoms with Crippen LogP contribution in [0.4, 0.5) is 0 Å². The Balaban J connectivity index is 1.16. The highest BCUT2D eigenvalue weighted by molar-refractivity contribution is 5.95. The van der Waals surface area contributed by atoms with E-state index in [1.54, 1.807) is 6.08 Å². The minimum Gasteiger partial charge on any atom is -0.465 e. The molecule has 0 amide bonds. The topological polar surface area (TPSA) is 181 Å². The Hall–Kier alpha value is -2.78. The molecular weight excluding hydrogens is 771 g/mol. The van der Waals surface area contributed by atoms with Gasteiger partial charge >= 0.3 is 5.97 Å². The highest BCUT2D eigenvalue weighted by Crippen LogP contribution is 2.71. The standard InChI is InChI=1S/C51H71NO9/c1-28-9-10-30-11-12-34-29(2)20-44(57)50(59,15-6-18-53)46-32(8-5-7-31(21-36(34)35(30)19-28)37-27-61-47(58)45(37)33-14-17-52-26-33)24-51(60)39-22-41(54)40-23-42(55)43(56)25-48(40,3)38(39)13-16-49(46,51)4/h11,14,17,22,26,28-29,31-32,34-38,40,42-46,52-53,55-57,59-60H,6,8-10,12-13,15-16,18-21,23-25,27H2,1-4H3/t28-,29+,31+,32-,34-,35+,36-,37+,38-,40-,42+,43-,44+,45+,46-,48+,49+,50-,51+/m0/s1. The summed E-state index contributed by atoms with van der Waals surface area (Å²) in [5.41, 5.74) is -1.69. The largest absolute Gasteiger partial charge is 0.465 e. The first-order chi connectivity index (χ1) is 29.0. The number of hydrogen-bond donors (Lipinski definition) is 7. The summed E-state index contributed by atoms with van der Waals surface area (Å²) in [4.78, 5) is 30.8. The fourth-order valence-electron chi connectivity index (χ4n) is 15.9. The molecule has 0 bridgehead atoms. The molecule has 0 unspecified atom stereocenters. The van der Waals surface area contributed by atoms with Gasteiger partial charge in [-0.1, -0.05) is 45.3 Å². The second-order valence-corrected chi connectivity index (χ2v) is 22.1. The summed E-state index contributed by atoms with van der Waals surface area (Å²) in [5.74, 6) is 6.16. The first kappa shape index (κ1) is 43.5. The monoisotopic (exact) mass is 842 g/mol. The maximum atomic E-state index is 14.1. The summed E-state index contributed by atoms with van der Waals surface area (Å²) >= 11 is 0. The molecule has 4 saturated carbocycles. The zero-order valence-electron chi connectivity index (χ0n) is 36.8. The van der Waals surface area contributed by atoms with Crippen molar-refractivity contribution in [2.24, 2.45) is 75.9 Å². The van der Waals surface area contributed by atoms with Crippen LogP contribution in [0.1, 0.15) is 129 Å². The number of rotatable bonds is 5. The molecule has 1 saturated heterocycles. The quantitative estimate of drug-likeness (QED) is 0.106. The number of H-pyrrole nitrogens is 1. The molecule has 1 aliphatic heterocycles. The van der Waals surface area contributed by atoms with E-state index in [1.165, 1.54) is 12.0 Å². The van der Waals surface area contributed by atoms with Crippen LogP contribution in [0, 0.1) is 87.8 Å². The summed E-state index contributed by atoms with van der Waals surface area (Å²) in [7, 11) is 0. The number of aromatic amines is 1. The Morgan fingerprint density at radius 3 is 2.51 bits per heavy atom. The zero-order chi connectivity index (χ0) is 43.2. The van der Waals surface area contributed by atoms with E-state index in [-0.39, 0.29) is 91.9 Å². The van der Waals surface area contributed by atoms with Crippen molar-refractivity contribution < 1.29 is 45.0 Å². The maximum absolute atomic E-state index is 14.1. The van der Waals surface area contributed by atoms with E-state index in [0.717, 1.165) is 31.2 Å². The zero-order valence-corrected chi connectivity index (χ0v) is 36.8. The number of fused-ring (bicyclic) bond motifs is 10. The van der Waals surface area contributed by atoms with E-state index in [0.29, 0.717) is 49.7 Å². The van der Waals surface area contributed by atoms with Crippen LogP contribution in [-0.4, -0.2) is 90.1 Å². The summed E-state index contributed by atoms with van der Waals surface area (Å²) < 4.78 is 5.87. The molecule has 2 heterocycles. The number of allylic oxidation sites excluding steroid dienone is 3. The lowest BCUT2D eigenvalue weighted by Gasteiger charge is -2.61. The Kier molecular flexibility index (Phi) is 11.4. The van der Waals surface area contributed by atoms with Gasteiger partial charge in [-0.05, 0) is 154 Å². The molecule has 0 radical (unpaired) electrons. The Bertz CT molecular complexity index is 1970. The number of esters is 1. The normalized spacial score (nSPS) is 49.6. The van der Waals surface area contributed by atoms with Crippen LogP contribution in [0.2, 0.25) is 0 Å². The number of carbonyl (C=O) groups is 2. The highest BCUT2D eigenvalue weighted by Gasteiger charge is 2.72. The molecular formula is C51H71NO9. The summed E-state index contributed by atoms with van der Waals surface area (Å²) in [6.45, 7) is 8.80. The Labute approximate surface area is 362 Å². The van der Waals surface area contributed by atoms with Crippen molar-refractivity contribution in [2.75, 3.05) is 13.2 Å². The van der Waals surface area contributed by atoms with E-state index in [2.05, 4.69) is 36.7 Å². The molecule has 0 spiro atoms. The molecule has 10 nitrogen and oxygen atoms in total. The maximum Gasteiger partial charge on any atom is 0.313 e. The van der Waals surface area contributed by atoms with Crippen molar-refractivity contribution >= 4 is 11.8 Å². The van der Waals surface area contributed by atoms with Crippen LogP contribution in [0.15, 0.2) is 41.8 Å². The van der Waals surface area contributed by atoms with Crippen LogP contribution < -0.4 is 0 Å². The Morgan fingerprint density at radius 1 is 0.951 bits per heavy atom. The number of hydrogen-bond acceptors (Lipinski definition) is 9. The third kappa shape index (κ3) is 6.88. The lowest BCUT2D eigenvalue weighted by atomic mass is 9.45. The van der Waals surface area contributed by atoms with Gasteiger partial charge in [-0.3, -0.25) is 9.59 Å². The predicted octanol–water partition coefficient (Wildman–Crippen LogP) is 6.00. The minimum absolute atomic E-state index is 0.0258. The SMILES string of the molecule is C[C@H]1CCC2=CC[C@@H]3[C@H](C[C@H]([C@H]4COC(=O)[C@@H]4c4cc[nH]c4)C#CC[C@H]4C[C@@]5(O)C6=CC(=O)[C@@H]7C[C@@H](O)[C@@H](O)C[C@]7(C)[C@H]6CC[C@]5(C)[C@H]4[C@](O)(CCCO)[C@H](O)C[C@H]3C)[C@@H]2C1. The lowest BCUT2D eigenvalue weighted by molar-refractivity contribution is -0.192. The molecule has 5 fully saturated rings. The smallest absolute Gasteiger partial charge is 0.313 e. The van der Waals surface area contributed by atoms with E-state index in [1.807, 2.05) is 32.3 Å². The molecule has 8 aliphatic rings. The second kappa shape index (κ2) is 16.0. The van der Waals surface area contributed by atoms with Crippen molar-refractivity contribution in [1.82, 2.24) is 4.98 Å². The number of nitrogens with one attached hydrogen (secondary N) is 1. The first-order valence-electron chi connectivity index (χ1n) is 23.9. The van der Waals surface area contributed by atoms with Crippen LogP contribution in [0.3, 0.4) is 0 Å². The number of aliphatic hydroxyl groups excluding tert-OH is 4. The second-order valence-electron chi connectivity index (χ2n) is 22.1. The average Bonchev–Trinajstić information content (AvgIpc) is 3.94. The fourth-order valence-corrected chi connectivity index (χ4v) is 15.9. The molecule has 19 atom stereocenters. The molecule has 7 N–H and O–H groups in total. The number of cyclic esters (lactones) is 1. The average molecular weight is 842 g/mol. The molecule has 0 aromatic carbocycles. The van der Waals surface area contributed by atoms with Crippen LogP contribution in [0.5, 0.6) is 0 Å². The van der Waals surface area contributed by atoms with Crippen molar-refractivity contribution in [2.45, 2.75) is 153 Å². The number of ether oxygens (including phenoxy) is 1. The van der Waals surface area contributed by atoms with Gasteiger partial charge < -0.3 is 40.4 Å². The van der Waals surface area contributed by atoms with Crippen LogP contribution in [0.25, 0.3) is 0 Å². The molecule has 1 aromatic heterocycles. The molecule has 10 heteroatoms. The molecule has 7 aliphatic carbocycles. The van der Waals surface area contributed by atoms with Gasteiger partial charge in [-0.25, -0.2) is 0 Å². The third-order valence-corrected chi connectivity index (χ3v) is 19.0. The van der Waals surface area contributed by atoms with E-state index >= 15 is 0 Å². The first-order valence-corrected chi connectivity index (χ1v) is 23.9. The van der Waals surface area contributed by atoms with Crippen LogP contribution in [-0.2, 0) is 14.3 Å². The predicted molar refractivity (Wildman–Crippen MR) is 229 cm³/mol. The Morgan fingerprint density at radius 2 is 1.75 bits per heavy atom. The van der Waals surface area contributed by atoms with Gasteiger partial charge in [0.05, 0.1) is 42.0 Å². The van der Waals surface area contributed by atoms with Gasteiger partial charge in [0, 0.05) is 54.5 Å². The summed E-state index contributed by atoms with van der Waals surface area (Å²) in [6.07, 6.45) is 12.8. The number of carbonyl (C=O) groups excluding carboxylic acids is 2. The van der Waals surface area contributed by atoms with Gasteiger partial charge in [0.2, 0.25) is 0 Å². The van der Waals surface area contributed by atoms with Gasteiger partial charge in [0.25, 0.3) is 0 Å². The number of aromatic nitrogens is 1. The van der Waals surface area contributed by atoms with Crippen molar-refractivity contribution in [1.29, 1.82) is 0 Å². The molecule has 334 valence electrons. The van der Waals surface area contributed by atoms with Gasteiger partial charge in [-0.2, -0.15) is 0 Å². The number of aliphatic hydroxyl groups is 6. The fraction of sp³-hybridized carbons (Fsp3) is 0.765. The van der Waals surface area contributed by atoms with E-state index in [4.69, 9.17) is 4.74 Å². The van der Waals surface area contributed by atoms with E-state index < -0.39 is 58.1 Å².